The highest BCUT2D eigenvalue weighted by Crippen LogP contribution is 2.25. The van der Waals surface area contributed by atoms with Crippen LogP contribution in [0.1, 0.15) is 30.9 Å². The molecule has 0 aliphatic heterocycles. The van der Waals surface area contributed by atoms with Gasteiger partial charge in [-0.3, -0.25) is 9.59 Å². The summed E-state index contributed by atoms with van der Waals surface area (Å²) in [6, 6.07) is 12.8. The van der Waals surface area contributed by atoms with Gasteiger partial charge >= 0.3 is 0 Å². The number of anilines is 1. The molecule has 2 aromatic carbocycles. The fraction of sp³-hybridized carbons (Fsp3) is 0.286. The molecule has 0 radical (unpaired) electrons. The Morgan fingerprint density at radius 1 is 0.964 bits per heavy atom. The summed E-state index contributed by atoms with van der Waals surface area (Å²) in [4.78, 5) is 23.9. The molecule has 2 N–H and O–H groups in total. The Balaban J connectivity index is 1.87. The van der Waals surface area contributed by atoms with E-state index in [-0.39, 0.29) is 24.7 Å². The van der Waals surface area contributed by atoms with Gasteiger partial charge in [-0.15, -0.1) is 0 Å². The van der Waals surface area contributed by atoms with Crippen molar-refractivity contribution in [1.29, 1.82) is 0 Å². The van der Waals surface area contributed by atoms with Crippen LogP contribution >= 0.6 is 0 Å². The number of hydrogen-bond acceptors (Lipinski definition) is 5. The molecule has 7 heteroatoms. The summed E-state index contributed by atoms with van der Waals surface area (Å²) in [7, 11) is 3.13. The van der Waals surface area contributed by atoms with Gasteiger partial charge in [0, 0.05) is 30.2 Å². The summed E-state index contributed by atoms with van der Waals surface area (Å²) >= 11 is 0. The predicted molar refractivity (Wildman–Crippen MR) is 109 cm³/mol. The number of hydrazone groups is 1. The maximum Gasteiger partial charge on any atom is 0.240 e. The minimum atomic E-state index is -0.342. The third-order valence-corrected chi connectivity index (χ3v) is 4.06. The van der Waals surface area contributed by atoms with E-state index in [4.69, 9.17) is 9.47 Å². The maximum absolute atomic E-state index is 12.0. The number of amides is 2. The van der Waals surface area contributed by atoms with Crippen molar-refractivity contribution in [3.8, 4) is 11.5 Å². The Hall–Kier alpha value is -3.35. The molecule has 0 aliphatic carbocycles. The molecule has 148 valence electrons. The number of nitrogens with one attached hydrogen (secondary N) is 2. The average molecular weight is 383 g/mol. The third kappa shape index (κ3) is 6.12. The highest BCUT2D eigenvalue weighted by molar-refractivity contribution is 6.02. The normalized spacial score (nSPS) is 10.9. The molecule has 2 amide bonds. The number of aryl methyl sites for hydroxylation is 1. The number of carbonyl (C=O) groups is 2. The van der Waals surface area contributed by atoms with Crippen LogP contribution in [0.5, 0.6) is 11.5 Å². The van der Waals surface area contributed by atoms with E-state index in [2.05, 4.69) is 15.8 Å². The van der Waals surface area contributed by atoms with E-state index in [1.54, 1.807) is 39.3 Å². The van der Waals surface area contributed by atoms with Crippen molar-refractivity contribution in [2.24, 2.45) is 5.10 Å². The second kappa shape index (κ2) is 10.1. The lowest BCUT2D eigenvalue weighted by Crippen LogP contribution is -2.21. The third-order valence-electron chi connectivity index (χ3n) is 4.06. The summed E-state index contributed by atoms with van der Waals surface area (Å²) < 4.78 is 10.5. The Labute approximate surface area is 164 Å². The molecule has 28 heavy (non-hydrogen) atoms. The van der Waals surface area contributed by atoms with Gasteiger partial charge in [-0.25, -0.2) is 5.43 Å². The smallest absolute Gasteiger partial charge is 0.240 e. The summed E-state index contributed by atoms with van der Waals surface area (Å²) in [5.41, 5.74) is 5.60. The number of methoxy groups -OCH3 is 2. The molecule has 0 fully saturated rings. The van der Waals surface area contributed by atoms with Gasteiger partial charge in [0.25, 0.3) is 0 Å². The first-order valence-electron chi connectivity index (χ1n) is 8.85. The SMILES string of the molecule is COc1ccc(/C(C)=N/NC(=O)CCC(=O)Nc2ccc(C)cc2)c(OC)c1. The molecule has 2 rings (SSSR count). The second-order valence-electron chi connectivity index (χ2n) is 6.21. The largest absolute Gasteiger partial charge is 0.497 e. The van der Waals surface area contributed by atoms with E-state index in [0.29, 0.717) is 22.9 Å². The Morgan fingerprint density at radius 2 is 1.64 bits per heavy atom. The predicted octanol–water partition coefficient (Wildman–Crippen LogP) is 3.27. The molecule has 0 aliphatic rings. The van der Waals surface area contributed by atoms with Gasteiger partial charge < -0.3 is 14.8 Å². The Kier molecular flexibility index (Phi) is 7.56. The number of rotatable bonds is 8. The first kappa shape index (κ1) is 21.0. The maximum atomic E-state index is 12.0. The standard InChI is InChI=1S/C21H25N3O4/c1-14-5-7-16(8-6-14)22-20(25)11-12-21(26)24-23-15(2)18-10-9-17(27-3)13-19(18)28-4/h5-10,13H,11-12H2,1-4H3,(H,22,25)(H,24,26)/b23-15+. The van der Waals surface area contributed by atoms with E-state index < -0.39 is 0 Å². The summed E-state index contributed by atoms with van der Waals surface area (Å²) in [6.07, 6.45) is 0.106. The van der Waals surface area contributed by atoms with Crippen molar-refractivity contribution in [1.82, 2.24) is 5.43 Å². The minimum Gasteiger partial charge on any atom is -0.497 e. The second-order valence-corrected chi connectivity index (χ2v) is 6.21. The number of ether oxygens (including phenoxy) is 2. The van der Waals surface area contributed by atoms with Gasteiger partial charge in [-0.2, -0.15) is 5.10 Å². The zero-order chi connectivity index (χ0) is 20.5. The Morgan fingerprint density at radius 3 is 2.29 bits per heavy atom. The molecule has 2 aromatic rings. The highest BCUT2D eigenvalue weighted by Gasteiger charge is 2.10. The van der Waals surface area contributed by atoms with Crippen LogP contribution in [0, 0.1) is 6.92 Å². The molecule has 0 aromatic heterocycles. The van der Waals surface area contributed by atoms with Crippen molar-refractivity contribution >= 4 is 23.2 Å². The molecule has 0 saturated heterocycles. The zero-order valence-electron chi connectivity index (χ0n) is 16.5. The van der Waals surface area contributed by atoms with Crippen LogP contribution in [-0.4, -0.2) is 31.7 Å². The van der Waals surface area contributed by atoms with Crippen LogP contribution < -0.4 is 20.2 Å². The Bertz CT molecular complexity index is 860. The van der Waals surface area contributed by atoms with Gasteiger partial charge in [0.05, 0.1) is 19.9 Å². The van der Waals surface area contributed by atoms with Crippen LogP contribution in [0.4, 0.5) is 5.69 Å². The molecule has 0 unspecified atom stereocenters. The molecular formula is C21H25N3O4. The van der Waals surface area contributed by atoms with Crippen LogP contribution in [0.3, 0.4) is 0 Å². The van der Waals surface area contributed by atoms with Crippen molar-refractivity contribution in [2.45, 2.75) is 26.7 Å². The van der Waals surface area contributed by atoms with Crippen molar-refractivity contribution in [2.75, 3.05) is 19.5 Å². The quantitative estimate of drug-likeness (QED) is 0.541. The van der Waals surface area contributed by atoms with Crippen LogP contribution in [0.15, 0.2) is 47.6 Å². The molecular weight excluding hydrogens is 358 g/mol. The molecule has 0 heterocycles. The minimum absolute atomic E-state index is 0.0359. The van der Waals surface area contributed by atoms with E-state index in [1.165, 1.54) is 0 Å². The van der Waals surface area contributed by atoms with Crippen LogP contribution in [0.2, 0.25) is 0 Å². The zero-order valence-corrected chi connectivity index (χ0v) is 16.5. The lowest BCUT2D eigenvalue weighted by Gasteiger charge is -2.10. The number of hydrogen-bond donors (Lipinski definition) is 2. The van der Waals surface area contributed by atoms with Crippen molar-refractivity contribution < 1.29 is 19.1 Å². The average Bonchev–Trinajstić information content (AvgIpc) is 2.71. The molecule has 7 nitrogen and oxygen atoms in total. The van der Waals surface area contributed by atoms with E-state index in [9.17, 15) is 9.59 Å². The van der Waals surface area contributed by atoms with Crippen LogP contribution in [-0.2, 0) is 9.59 Å². The van der Waals surface area contributed by atoms with Gasteiger partial charge in [-0.1, -0.05) is 17.7 Å². The summed E-state index contributed by atoms with van der Waals surface area (Å²) in [5, 5.41) is 6.85. The van der Waals surface area contributed by atoms with E-state index >= 15 is 0 Å². The lowest BCUT2D eigenvalue weighted by atomic mass is 10.1. The monoisotopic (exact) mass is 383 g/mol. The molecule has 0 spiro atoms. The van der Waals surface area contributed by atoms with Crippen molar-refractivity contribution in [3.05, 3.63) is 53.6 Å². The van der Waals surface area contributed by atoms with Gasteiger partial charge in [0.2, 0.25) is 11.8 Å². The molecule has 0 atom stereocenters. The van der Waals surface area contributed by atoms with E-state index in [1.807, 2.05) is 31.2 Å². The number of benzene rings is 2. The van der Waals surface area contributed by atoms with Gasteiger partial charge in [-0.05, 0) is 38.1 Å². The van der Waals surface area contributed by atoms with Gasteiger partial charge in [0.15, 0.2) is 0 Å². The highest BCUT2D eigenvalue weighted by atomic mass is 16.5. The number of carbonyl (C=O) groups excluding carboxylic acids is 2. The lowest BCUT2D eigenvalue weighted by molar-refractivity contribution is -0.124. The fourth-order valence-electron chi connectivity index (χ4n) is 2.45. The fourth-order valence-corrected chi connectivity index (χ4v) is 2.45. The summed E-state index contributed by atoms with van der Waals surface area (Å²) in [6.45, 7) is 3.73. The first-order chi connectivity index (χ1) is 13.4. The van der Waals surface area contributed by atoms with Crippen molar-refractivity contribution in [3.63, 3.8) is 0 Å². The van der Waals surface area contributed by atoms with Gasteiger partial charge in [0.1, 0.15) is 11.5 Å². The van der Waals surface area contributed by atoms with E-state index in [0.717, 1.165) is 11.1 Å². The summed E-state index contributed by atoms with van der Waals surface area (Å²) in [5.74, 6) is 0.687. The first-order valence-corrected chi connectivity index (χ1v) is 8.85. The van der Waals surface area contributed by atoms with Crippen LogP contribution in [0.25, 0.3) is 0 Å². The molecule has 0 bridgehead atoms. The topological polar surface area (TPSA) is 89.0 Å². The number of nitrogens with zero attached hydrogens (tertiary/aromatic N) is 1. The molecule has 0 saturated carbocycles.